The molecule has 3 rings (SSSR count). The maximum absolute atomic E-state index is 13.2. The maximum Gasteiger partial charge on any atom is 0.254 e. The third-order valence-corrected chi connectivity index (χ3v) is 4.68. The van der Waals surface area contributed by atoms with Crippen molar-refractivity contribution in [1.82, 2.24) is 9.88 Å². The molecule has 0 bridgehead atoms. The van der Waals surface area contributed by atoms with Gasteiger partial charge in [0.1, 0.15) is 0 Å². The van der Waals surface area contributed by atoms with Crippen LogP contribution in [0.2, 0.25) is 0 Å². The number of amides is 1. The van der Waals surface area contributed by atoms with E-state index in [0.29, 0.717) is 0 Å². The quantitative estimate of drug-likeness (QED) is 0.682. The number of hydrogen-bond acceptors (Lipinski definition) is 2. The van der Waals surface area contributed by atoms with E-state index in [1.807, 2.05) is 62.5 Å². The van der Waals surface area contributed by atoms with Crippen LogP contribution in [0.4, 0.5) is 0 Å². The Bertz CT molecular complexity index is 874. The van der Waals surface area contributed by atoms with E-state index in [4.69, 9.17) is 0 Å². The Kier molecular flexibility index (Phi) is 4.94. The Morgan fingerprint density at radius 3 is 2.20 bits per heavy atom. The minimum absolute atomic E-state index is 0.0168. The zero-order chi connectivity index (χ0) is 17.8. The van der Waals surface area contributed by atoms with Crippen LogP contribution in [0.15, 0.2) is 73.1 Å². The Morgan fingerprint density at radius 1 is 0.920 bits per heavy atom. The molecule has 0 saturated heterocycles. The standard InChI is InChI=1S/C22H22N2O/c1-16-8-4-5-9-19(16)20-10-6-7-11-21(20)22(25)24(3)17(2)18-12-14-23-15-13-18/h4-15,17H,1-3H3/t17-/m0/s1. The predicted octanol–water partition coefficient (Wildman–Crippen LogP) is 4.89. The second-order valence-electron chi connectivity index (χ2n) is 6.23. The Balaban J connectivity index is 1.97. The van der Waals surface area contributed by atoms with Crippen molar-refractivity contribution < 1.29 is 4.79 Å². The monoisotopic (exact) mass is 330 g/mol. The molecule has 3 nitrogen and oxygen atoms in total. The molecule has 3 aromatic rings. The van der Waals surface area contributed by atoms with Crippen molar-refractivity contribution in [2.45, 2.75) is 19.9 Å². The van der Waals surface area contributed by atoms with Gasteiger partial charge in [-0.2, -0.15) is 0 Å². The van der Waals surface area contributed by atoms with Gasteiger partial charge in [0.2, 0.25) is 0 Å². The van der Waals surface area contributed by atoms with E-state index in [1.54, 1.807) is 17.3 Å². The highest BCUT2D eigenvalue weighted by molar-refractivity contribution is 6.01. The first kappa shape index (κ1) is 16.9. The van der Waals surface area contributed by atoms with E-state index in [1.165, 1.54) is 0 Å². The van der Waals surface area contributed by atoms with Crippen LogP contribution < -0.4 is 0 Å². The number of benzene rings is 2. The van der Waals surface area contributed by atoms with Crippen molar-refractivity contribution >= 4 is 5.91 Å². The van der Waals surface area contributed by atoms with Gasteiger partial charge >= 0.3 is 0 Å². The number of carbonyl (C=O) groups excluding carboxylic acids is 1. The highest BCUT2D eigenvalue weighted by Crippen LogP contribution is 2.29. The first-order chi connectivity index (χ1) is 12.1. The lowest BCUT2D eigenvalue weighted by atomic mass is 9.95. The van der Waals surface area contributed by atoms with Crippen molar-refractivity contribution in [3.63, 3.8) is 0 Å². The van der Waals surface area contributed by atoms with Gasteiger partial charge in [0, 0.05) is 25.0 Å². The zero-order valence-corrected chi connectivity index (χ0v) is 14.8. The molecule has 0 radical (unpaired) electrons. The summed E-state index contributed by atoms with van der Waals surface area (Å²) < 4.78 is 0. The molecule has 1 atom stereocenters. The molecular weight excluding hydrogens is 308 g/mol. The molecule has 0 fully saturated rings. The molecule has 0 aliphatic heterocycles. The van der Waals surface area contributed by atoms with Crippen molar-refractivity contribution in [3.05, 3.63) is 89.7 Å². The van der Waals surface area contributed by atoms with Gasteiger partial charge in [-0.25, -0.2) is 0 Å². The Hall–Kier alpha value is -2.94. The first-order valence-electron chi connectivity index (χ1n) is 8.41. The van der Waals surface area contributed by atoms with Gasteiger partial charge in [-0.3, -0.25) is 9.78 Å². The number of carbonyl (C=O) groups is 1. The highest BCUT2D eigenvalue weighted by atomic mass is 16.2. The molecule has 1 amide bonds. The SMILES string of the molecule is Cc1ccccc1-c1ccccc1C(=O)N(C)[C@@H](C)c1ccncc1. The summed E-state index contributed by atoms with van der Waals surface area (Å²) in [5.74, 6) is 0.0168. The number of aromatic nitrogens is 1. The van der Waals surface area contributed by atoms with Gasteiger partial charge < -0.3 is 4.90 Å². The van der Waals surface area contributed by atoms with Crippen LogP contribution in [0.3, 0.4) is 0 Å². The van der Waals surface area contributed by atoms with Crippen molar-refractivity contribution in [1.29, 1.82) is 0 Å². The molecule has 1 aromatic heterocycles. The number of pyridine rings is 1. The fourth-order valence-electron chi connectivity index (χ4n) is 3.01. The molecule has 0 N–H and O–H groups in total. The van der Waals surface area contributed by atoms with E-state index in [0.717, 1.165) is 27.8 Å². The van der Waals surface area contributed by atoms with Gasteiger partial charge in [-0.1, -0.05) is 42.5 Å². The normalized spacial score (nSPS) is 11.8. The summed E-state index contributed by atoms with van der Waals surface area (Å²) >= 11 is 0. The maximum atomic E-state index is 13.2. The number of aryl methyl sites for hydroxylation is 1. The summed E-state index contributed by atoms with van der Waals surface area (Å²) in [4.78, 5) is 19.0. The van der Waals surface area contributed by atoms with Crippen LogP contribution in [0, 0.1) is 6.92 Å². The summed E-state index contributed by atoms with van der Waals surface area (Å²) in [5.41, 5.74) is 5.02. The average Bonchev–Trinajstić information content (AvgIpc) is 2.67. The minimum Gasteiger partial charge on any atom is -0.335 e. The van der Waals surface area contributed by atoms with Gasteiger partial charge in [0.25, 0.3) is 5.91 Å². The Morgan fingerprint density at radius 2 is 1.52 bits per heavy atom. The van der Waals surface area contributed by atoms with Crippen molar-refractivity contribution in [2.75, 3.05) is 7.05 Å². The Labute approximate surface area is 149 Å². The second-order valence-corrected chi connectivity index (χ2v) is 6.23. The smallest absolute Gasteiger partial charge is 0.254 e. The fourth-order valence-corrected chi connectivity index (χ4v) is 3.01. The van der Waals surface area contributed by atoms with Gasteiger partial charge in [0.05, 0.1) is 6.04 Å². The predicted molar refractivity (Wildman–Crippen MR) is 101 cm³/mol. The molecule has 2 aromatic carbocycles. The van der Waals surface area contributed by atoms with Gasteiger partial charge in [-0.15, -0.1) is 0 Å². The molecule has 0 spiro atoms. The van der Waals surface area contributed by atoms with E-state index >= 15 is 0 Å². The molecule has 0 aliphatic rings. The largest absolute Gasteiger partial charge is 0.335 e. The lowest BCUT2D eigenvalue weighted by molar-refractivity contribution is 0.0743. The molecule has 0 aliphatic carbocycles. The molecule has 0 unspecified atom stereocenters. The first-order valence-corrected chi connectivity index (χ1v) is 8.41. The summed E-state index contributed by atoms with van der Waals surface area (Å²) in [7, 11) is 1.85. The van der Waals surface area contributed by atoms with Gasteiger partial charge in [-0.05, 0) is 54.3 Å². The zero-order valence-electron chi connectivity index (χ0n) is 14.8. The lowest BCUT2D eigenvalue weighted by Crippen LogP contribution is -2.30. The number of rotatable bonds is 4. The highest BCUT2D eigenvalue weighted by Gasteiger charge is 2.21. The van der Waals surface area contributed by atoms with Crippen LogP contribution in [-0.2, 0) is 0 Å². The third-order valence-electron chi connectivity index (χ3n) is 4.68. The van der Waals surface area contributed by atoms with Crippen molar-refractivity contribution in [3.8, 4) is 11.1 Å². The van der Waals surface area contributed by atoms with E-state index in [-0.39, 0.29) is 11.9 Å². The number of nitrogens with zero attached hydrogens (tertiary/aromatic N) is 2. The minimum atomic E-state index is -0.0274. The lowest BCUT2D eigenvalue weighted by Gasteiger charge is -2.26. The molecule has 126 valence electrons. The van der Waals surface area contributed by atoms with Crippen LogP contribution in [0.25, 0.3) is 11.1 Å². The second kappa shape index (κ2) is 7.31. The molecular formula is C22H22N2O. The average molecular weight is 330 g/mol. The van der Waals surface area contributed by atoms with E-state index < -0.39 is 0 Å². The number of hydrogen-bond donors (Lipinski definition) is 0. The van der Waals surface area contributed by atoms with Crippen LogP contribution in [0.5, 0.6) is 0 Å². The van der Waals surface area contributed by atoms with Crippen LogP contribution in [-0.4, -0.2) is 22.8 Å². The third kappa shape index (κ3) is 3.45. The molecule has 25 heavy (non-hydrogen) atoms. The van der Waals surface area contributed by atoms with Crippen LogP contribution in [0.1, 0.15) is 34.5 Å². The topological polar surface area (TPSA) is 33.2 Å². The van der Waals surface area contributed by atoms with Crippen LogP contribution >= 0.6 is 0 Å². The molecule has 1 heterocycles. The molecule has 3 heteroatoms. The fraction of sp³-hybridized carbons (Fsp3) is 0.182. The summed E-state index contributed by atoms with van der Waals surface area (Å²) in [6, 6.07) is 19.8. The summed E-state index contributed by atoms with van der Waals surface area (Å²) in [6.45, 7) is 4.10. The molecule has 0 saturated carbocycles. The van der Waals surface area contributed by atoms with E-state index in [9.17, 15) is 4.79 Å². The van der Waals surface area contributed by atoms with Gasteiger partial charge in [0.15, 0.2) is 0 Å². The van der Waals surface area contributed by atoms with Crippen molar-refractivity contribution in [2.24, 2.45) is 0 Å². The summed E-state index contributed by atoms with van der Waals surface area (Å²) in [6.07, 6.45) is 3.51. The summed E-state index contributed by atoms with van der Waals surface area (Å²) in [5, 5.41) is 0. The van der Waals surface area contributed by atoms with E-state index in [2.05, 4.69) is 24.0 Å².